The first kappa shape index (κ1) is 15.4. The highest BCUT2D eigenvalue weighted by atomic mass is 19.1. The van der Waals surface area contributed by atoms with E-state index in [2.05, 4.69) is 0 Å². The highest BCUT2D eigenvalue weighted by Gasteiger charge is 2.48. The SMILES string of the molecule is CC1CCCN(C(=O)C2CC2c2ccc(F)cc2F)C1CO. The molecule has 1 aromatic carbocycles. The van der Waals surface area contributed by atoms with Crippen molar-refractivity contribution in [1.82, 2.24) is 4.90 Å². The lowest BCUT2D eigenvalue weighted by Gasteiger charge is -2.39. The zero-order valence-electron chi connectivity index (χ0n) is 12.6. The third-order valence-corrected chi connectivity index (χ3v) is 5.06. The van der Waals surface area contributed by atoms with Gasteiger partial charge in [0.25, 0.3) is 0 Å². The van der Waals surface area contributed by atoms with E-state index in [4.69, 9.17) is 0 Å². The summed E-state index contributed by atoms with van der Waals surface area (Å²) in [5.41, 5.74) is 0.422. The summed E-state index contributed by atoms with van der Waals surface area (Å²) in [5, 5.41) is 9.54. The molecule has 1 saturated heterocycles. The molecule has 22 heavy (non-hydrogen) atoms. The average Bonchev–Trinajstić information content (AvgIpc) is 3.26. The van der Waals surface area contributed by atoms with Crippen molar-refractivity contribution in [2.75, 3.05) is 13.2 Å². The molecular weight excluding hydrogens is 288 g/mol. The van der Waals surface area contributed by atoms with Crippen LogP contribution < -0.4 is 0 Å². The Morgan fingerprint density at radius 2 is 2.18 bits per heavy atom. The van der Waals surface area contributed by atoms with Gasteiger partial charge in [-0.15, -0.1) is 0 Å². The van der Waals surface area contributed by atoms with Gasteiger partial charge in [-0.05, 0) is 42.7 Å². The number of rotatable bonds is 3. The minimum absolute atomic E-state index is 0.000625. The molecule has 2 fully saturated rings. The Hall–Kier alpha value is -1.49. The Labute approximate surface area is 128 Å². The Morgan fingerprint density at radius 1 is 1.41 bits per heavy atom. The molecule has 3 nitrogen and oxygen atoms in total. The van der Waals surface area contributed by atoms with Crippen molar-refractivity contribution in [2.45, 2.75) is 38.1 Å². The number of aliphatic hydroxyl groups excluding tert-OH is 1. The number of hydrogen-bond acceptors (Lipinski definition) is 2. The maximum absolute atomic E-state index is 13.8. The van der Waals surface area contributed by atoms with Crippen LogP contribution in [-0.2, 0) is 4.79 Å². The van der Waals surface area contributed by atoms with Crippen molar-refractivity contribution >= 4 is 5.91 Å². The van der Waals surface area contributed by atoms with Gasteiger partial charge in [0.2, 0.25) is 5.91 Å². The minimum Gasteiger partial charge on any atom is -0.394 e. The monoisotopic (exact) mass is 309 g/mol. The van der Waals surface area contributed by atoms with Gasteiger partial charge < -0.3 is 10.0 Å². The topological polar surface area (TPSA) is 40.5 Å². The fourth-order valence-corrected chi connectivity index (χ4v) is 3.63. The maximum Gasteiger partial charge on any atom is 0.226 e. The van der Waals surface area contributed by atoms with Gasteiger partial charge in [0, 0.05) is 18.5 Å². The molecule has 1 saturated carbocycles. The molecule has 0 spiro atoms. The van der Waals surface area contributed by atoms with Gasteiger partial charge in [-0.1, -0.05) is 13.0 Å². The van der Waals surface area contributed by atoms with Gasteiger partial charge in [-0.25, -0.2) is 8.78 Å². The van der Waals surface area contributed by atoms with E-state index in [1.54, 1.807) is 4.90 Å². The van der Waals surface area contributed by atoms with Crippen LogP contribution in [0.3, 0.4) is 0 Å². The summed E-state index contributed by atoms with van der Waals surface area (Å²) in [6, 6.07) is 3.40. The number of carbonyl (C=O) groups is 1. The van der Waals surface area contributed by atoms with Crippen molar-refractivity contribution in [3.63, 3.8) is 0 Å². The third-order valence-electron chi connectivity index (χ3n) is 5.06. The highest BCUT2D eigenvalue weighted by molar-refractivity contribution is 5.83. The zero-order valence-corrected chi connectivity index (χ0v) is 12.6. The fourth-order valence-electron chi connectivity index (χ4n) is 3.63. The second-order valence-corrected chi connectivity index (χ2v) is 6.52. The van der Waals surface area contributed by atoms with E-state index < -0.39 is 11.6 Å². The summed E-state index contributed by atoms with van der Waals surface area (Å²) in [6.45, 7) is 2.67. The molecule has 4 unspecified atom stereocenters. The average molecular weight is 309 g/mol. The second-order valence-electron chi connectivity index (χ2n) is 6.52. The predicted molar refractivity (Wildman–Crippen MR) is 78.2 cm³/mol. The van der Waals surface area contributed by atoms with Crippen LogP contribution in [0.25, 0.3) is 0 Å². The van der Waals surface area contributed by atoms with Crippen molar-refractivity contribution in [3.8, 4) is 0 Å². The van der Waals surface area contributed by atoms with Gasteiger partial charge in [-0.2, -0.15) is 0 Å². The van der Waals surface area contributed by atoms with E-state index in [-0.39, 0.29) is 36.3 Å². The summed E-state index contributed by atoms with van der Waals surface area (Å²) in [6.07, 6.45) is 2.55. The predicted octanol–water partition coefficient (Wildman–Crippen LogP) is 2.69. The van der Waals surface area contributed by atoms with E-state index in [1.165, 1.54) is 12.1 Å². The standard InChI is InChI=1S/C17H21F2NO2/c1-10-3-2-6-20(16(10)9-21)17(22)14-8-13(14)12-5-4-11(18)7-15(12)19/h4-5,7,10,13-14,16,21H,2-3,6,8-9H2,1H3. The van der Waals surface area contributed by atoms with E-state index in [1.807, 2.05) is 6.92 Å². The number of hydrogen-bond donors (Lipinski definition) is 1. The molecule has 0 bridgehead atoms. The zero-order chi connectivity index (χ0) is 15.9. The molecule has 1 heterocycles. The molecule has 0 radical (unpaired) electrons. The van der Waals surface area contributed by atoms with Crippen LogP contribution in [0, 0.1) is 23.5 Å². The second kappa shape index (κ2) is 5.95. The molecule has 1 aliphatic carbocycles. The quantitative estimate of drug-likeness (QED) is 0.932. The normalized spacial score (nSPS) is 31.2. The minimum atomic E-state index is -0.602. The summed E-state index contributed by atoms with van der Waals surface area (Å²) < 4.78 is 26.8. The third kappa shape index (κ3) is 2.74. The largest absolute Gasteiger partial charge is 0.394 e. The molecule has 5 heteroatoms. The Bertz CT molecular complexity index is 578. The van der Waals surface area contributed by atoms with Crippen LogP contribution in [0.5, 0.6) is 0 Å². The van der Waals surface area contributed by atoms with E-state index in [0.717, 1.165) is 18.9 Å². The summed E-state index contributed by atoms with van der Waals surface area (Å²) >= 11 is 0. The Kier molecular flexibility index (Phi) is 4.17. The van der Waals surface area contributed by atoms with E-state index in [0.29, 0.717) is 18.5 Å². The Balaban J connectivity index is 1.72. The summed E-state index contributed by atoms with van der Waals surface area (Å²) in [4.78, 5) is 14.4. The maximum atomic E-state index is 13.8. The molecule has 1 aliphatic heterocycles. The van der Waals surface area contributed by atoms with Crippen LogP contribution in [-0.4, -0.2) is 35.1 Å². The van der Waals surface area contributed by atoms with E-state index in [9.17, 15) is 18.7 Å². The number of likely N-dealkylation sites (tertiary alicyclic amines) is 1. The number of halogens is 2. The van der Waals surface area contributed by atoms with E-state index >= 15 is 0 Å². The first-order valence-electron chi connectivity index (χ1n) is 7.89. The van der Waals surface area contributed by atoms with Crippen molar-refractivity contribution in [1.29, 1.82) is 0 Å². The van der Waals surface area contributed by atoms with Crippen LogP contribution in [0.4, 0.5) is 8.78 Å². The van der Waals surface area contributed by atoms with Crippen LogP contribution >= 0.6 is 0 Å². The van der Waals surface area contributed by atoms with Crippen molar-refractivity contribution in [2.24, 2.45) is 11.8 Å². The molecule has 120 valence electrons. The first-order valence-corrected chi connectivity index (χ1v) is 7.89. The van der Waals surface area contributed by atoms with Gasteiger partial charge in [0.05, 0.1) is 12.6 Å². The first-order chi connectivity index (χ1) is 10.5. The Morgan fingerprint density at radius 3 is 2.86 bits per heavy atom. The number of nitrogens with zero attached hydrogens (tertiary/aromatic N) is 1. The number of aliphatic hydroxyl groups is 1. The molecule has 1 amide bonds. The molecule has 4 atom stereocenters. The number of carbonyl (C=O) groups excluding carboxylic acids is 1. The van der Waals surface area contributed by atoms with Gasteiger partial charge in [0.1, 0.15) is 11.6 Å². The molecule has 0 aromatic heterocycles. The molecule has 1 N–H and O–H groups in total. The smallest absolute Gasteiger partial charge is 0.226 e. The summed E-state index contributed by atoms with van der Waals surface area (Å²) in [5.74, 6) is -1.30. The van der Waals surface area contributed by atoms with Crippen LogP contribution in [0.1, 0.15) is 37.7 Å². The van der Waals surface area contributed by atoms with Gasteiger partial charge in [0.15, 0.2) is 0 Å². The number of piperidine rings is 1. The van der Waals surface area contributed by atoms with Crippen molar-refractivity contribution in [3.05, 3.63) is 35.4 Å². The molecule has 3 rings (SSSR count). The lowest BCUT2D eigenvalue weighted by Crippen LogP contribution is -2.50. The van der Waals surface area contributed by atoms with Gasteiger partial charge >= 0.3 is 0 Å². The van der Waals surface area contributed by atoms with Gasteiger partial charge in [-0.3, -0.25) is 4.79 Å². The highest BCUT2D eigenvalue weighted by Crippen LogP contribution is 2.50. The fraction of sp³-hybridized carbons (Fsp3) is 0.588. The molecule has 1 aromatic rings. The number of benzene rings is 1. The lowest BCUT2D eigenvalue weighted by molar-refractivity contribution is -0.139. The van der Waals surface area contributed by atoms with Crippen LogP contribution in [0.2, 0.25) is 0 Å². The molecular formula is C17H21F2NO2. The molecule has 2 aliphatic rings. The number of amides is 1. The summed E-state index contributed by atoms with van der Waals surface area (Å²) in [7, 11) is 0. The van der Waals surface area contributed by atoms with Crippen LogP contribution in [0.15, 0.2) is 18.2 Å². The van der Waals surface area contributed by atoms with Crippen molar-refractivity contribution < 1.29 is 18.7 Å². The lowest BCUT2D eigenvalue weighted by atomic mass is 9.90.